The van der Waals surface area contributed by atoms with Crippen LogP contribution in [0.25, 0.3) is 0 Å². The molecule has 1 N–H and O–H groups in total. The van der Waals surface area contributed by atoms with Crippen LogP contribution in [0.15, 0.2) is 91.0 Å². The number of Topliss-reactive ketones (excluding diaryl/α,β-unsaturated/α-hetero) is 1. The summed E-state index contributed by atoms with van der Waals surface area (Å²) in [7, 11) is 1.55. The molecule has 1 saturated carbocycles. The van der Waals surface area contributed by atoms with Crippen molar-refractivity contribution in [1.82, 2.24) is 9.80 Å². The molecule has 194 valence electrons. The Hall–Kier alpha value is -3.44. The Kier molecular flexibility index (Phi) is 8.78. The number of carbonyl (C=O) groups excluding carboxylic acids is 1. The first-order valence-electron chi connectivity index (χ1n) is 13.2. The predicted octanol–water partition coefficient (Wildman–Crippen LogP) is 6.21. The van der Waals surface area contributed by atoms with Crippen LogP contribution in [0.2, 0.25) is 0 Å². The summed E-state index contributed by atoms with van der Waals surface area (Å²) in [6, 6.07) is 30.8. The fraction of sp³-hybridized carbons (Fsp3) is 0.375. The SMILES string of the molecule is CC(=O)C1(c2ccccc2)CCN(C[C@@H]2C[C@@H]2c2ccccc2)CC1.CN(Cc1ccccc1)C(=O)O. The monoisotopic (exact) mass is 498 g/mol. The molecule has 2 aliphatic rings. The minimum absolute atomic E-state index is 0.264. The highest BCUT2D eigenvalue weighted by atomic mass is 16.4. The second-order valence-electron chi connectivity index (χ2n) is 10.4. The van der Waals surface area contributed by atoms with Crippen LogP contribution in [0.1, 0.15) is 48.8 Å². The van der Waals surface area contributed by atoms with Crippen LogP contribution < -0.4 is 0 Å². The molecular formula is C32H38N2O3. The van der Waals surface area contributed by atoms with Crippen molar-refractivity contribution in [2.75, 3.05) is 26.7 Å². The number of carboxylic acid groups (broad SMARTS) is 1. The number of carbonyl (C=O) groups is 2. The molecule has 1 aliphatic heterocycles. The summed E-state index contributed by atoms with van der Waals surface area (Å²) < 4.78 is 0. The van der Waals surface area contributed by atoms with E-state index in [1.807, 2.05) is 36.4 Å². The van der Waals surface area contributed by atoms with Gasteiger partial charge >= 0.3 is 6.09 Å². The van der Waals surface area contributed by atoms with E-state index in [4.69, 9.17) is 5.11 Å². The van der Waals surface area contributed by atoms with Crippen molar-refractivity contribution >= 4 is 11.9 Å². The van der Waals surface area contributed by atoms with E-state index in [0.29, 0.717) is 12.3 Å². The smallest absolute Gasteiger partial charge is 0.407 e. The average molecular weight is 499 g/mol. The van der Waals surface area contributed by atoms with Gasteiger partial charge in [-0.3, -0.25) is 4.79 Å². The normalized spacial score (nSPS) is 20.3. The maximum atomic E-state index is 12.5. The van der Waals surface area contributed by atoms with Crippen LogP contribution >= 0.6 is 0 Å². The third-order valence-corrected chi connectivity index (χ3v) is 7.94. The van der Waals surface area contributed by atoms with Gasteiger partial charge in [0, 0.05) is 20.1 Å². The van der Waals surface area contributed by atoms with Gasteiger partial charge in [-0.05, 0) is 67.8 Å². The van der Waals surface area contributed by atoms with Crippen LogP contribution in [-0.4, -0.2) is 53.5 Å². The number of rotatable bonds is 7. The van der Waals surface area contributed by atoms with Gasteiger partial charge in [-0.25, -0.2) is 4.79 Å². The number of likely N-dealkylation sites (tertiary alicyclic amines) is 1. The third kappa shape index (κ3) is 6.86. The number of ketones is 1. The summed E-state index contributed by atoms with van der Waals surface area (Å²) in [5, 5.41) is 8.57. The van der Waals surface area contributed by atoms with Crippen LogP contribution in [0, 0.1) is 5.92 Å². The van der Waals surface area contributed by atoms with E-state index in [9.17, 15) is 9.59 Å². The maximum absolute atomic E-state index is 12.5. The van der Waals surface area contributed by atoms with Crippen molar-refractivity contribution < 1.29 is 14.7 Å². The zero-order chi connectivity index (χ0) is 26.3. The molecule has 1 saturated heterocycles. The molecule has 2 atom stereocenters. The molecule has 5 nitrogen and oxygen atoms in total. The molecule has 0 unspecified atom stereocenters. The van der Waals surface area contributed by atoms with Crippen LogP contribution in [-0.2, 0) is 16.8 Å². The van der Waals surface area contributed by atoms with E-state index < -0.39 is 6.09 Å². The highest BCUT2D eigenvalue weighted by molar-refractivity contribution is 5.88. The van der Waals surface area contributed by atoms with E-state index in [0.717, 1.165) is 43.3 Å². The number of amides is 1. The lowest BCUT2D eigenvalue weighted by molar-refractivity contribution is -0.124. The van der Waals surface area contributed by atoms with Crippen LogP contribution in [0.5, 0.6) is 0 Å². The number of hydrogen-bond acceptors (Lipinski definition) is 3. The fourth-order valence-electron chi connectivity index (χ4n) is 5.53. The van der Waals surface area contributed by atoms with Gasteiger partial charge in [-0.15, -0.1) is 0 Å². The molecule has 5 rings (SSSR count). The molecule has 3 aromatic carbocycles. The topological polar surface area (TPSA) is 60.9 Å². The lowest BCUT2D eigenvalue weighted by Crippen LogP contribution is -2.47. The molecule has 0 spiro atoms. The standard InChI is InChI=1S/C23H27NO.C9H11NO2/c1-18(25)23(21-10-6-3-7-11-21)12-14-24(15-13-23)17-20-16-22(20)19-8-4-2-5-9-19;1-10(9(11)12)7-8-5-3-2-4-6-8/h2-11,20,22H,12-17H2,1H3;2-6H,7H2,1H3,(H,11,12)/t20-,22+;/m0./s1. The molecule has 0 radical (unpaired) electrons. The highest BCUT2D eigenvalue weighted by Crippen LogP contribution is 2.48. The summed E-state index contributed by atoms with van der Waals surface area (Å²) in [4.78, 5) is 26.7. The molecule has 2 fully saturated rings. The summed E-state index contributed by atoms with van der Waals surface area (Å²) >= 11 is 0. The zero-order valence-electron chi connectivity index (χ0n) is 21.9. The van der Waals surface area contributed by atoms with Gasteiger partial charge in [0.25, 0.3) is 0 Å². The Bertz CT molecular complexity index is 1140. The Morgan fingerprint density at radius 2 is 1.43 bits per heavy atom. The Balaban J connectivity index is 0.000000225. The third-order valence-electron chi connectivity index (χ3n) is 7.94. The minimum Gasteiger partial charge on any atom is -0.465 e. The first kappa shape index (κ1) is 26.6. The van der Waals surface area contributed by atoms with Crippen molar-refractivity contribution in [3.05, 3.63) is 108 Å². The van der Waals surface area contributed by atoms with E-state index in [1.54, 1.807) is 14.0 Å². The molecule has 3 aromatic rings. The summed E-state index contributed by atoms with van der Waals surface area (Å²) in [6.45, 7) is 5.46. The van der Waals surface area contributed by atoms with E-state index in [1.165, 1.54) is 29.0 Å². The van der Waals surface area contributed by atoms with Crippen LogP contribution in [0.3, 0.4) is 0 Å². The number of hydrogen-bond donors (Lipinski definition) is 1. The lowest BCUT2D eigenvalue weighted by Gasteiger charge is -2.40. The van der Waals surface area contributed by atoms with E-state index in [-0.39, 0.29) is 5.41 Å². The fourth-order valence-corrected chi connectivity index (χ4v) is 5.53. The largest absolute Gasteiger partial charge is 0.465 e. The quantitative estimate of drug-likeness (QED) is 0.421. The molecule has 1 amide bonds. The maximum Gasteiger partial charge on any atom is 0.407 e. The van der Waals surface area contributed by atoms with Gasteiger partial charge in [0.2, 0.25) is 0 Å². The van der Waals surface area contributed by atoms with Crippen LogP contribution in [0.4, 0.5) is 4.79 Å². The summed E-state index contributed by atoms with van der Waals surface area (Å²) in [6.07, 6.45) is 2.32. The molecule has 1 aliphatic carbocycles. The average Bonchev–Trinajstić information content (AvgIpc) is 3.70. The van der Waals surface area contributed by atoms with Gasteiger partial charge < -0.3 is 14.9 Å². The first-order chi connectivity index (χ1) is 17.9. The number of piperidine rings is 1. The molecular weight excluding hydrogens is 460 g/mol. The molecule has 1 heterocycles. The minimum atomic E-state index is -0.904. The van der Waals surface area contributed by atoms with Crippen molar-refractivity contribution in [2.24, 2.45) is 5.92 Å². The summed E-state index contributed by atoms with van der Waals surface area (Å²) in [5.74, 6) is 1.87. The summed E-state index contributed by atoms with van der Waals surface area (Å²) in [5.41, 5.74) is 3.44. The van der Waals surface area contributed by atoms with Crippen molar-refractivity contribution in [1.29, 1.82) is 0 Å². The van der Waals surface area contributed by atoms with Gasteiger partial charge in [-0.1, -0.05) is 91.0 Å². The van der Waals surface area contributed by atoms with Crippen molar-refractivity contribution in [3.8, 4) is 0 Å². The second-order valence-corrected chi connectivity index (χ2v) is 10.4. The van der Waals surface area contributed by atoms with Crippen molar-refractivity contribution in [2.45, 2.75) is 44.1 Å². The van der Waals surface area contributed by atoms with Gasteiger partial charge in [0.05, 0.1) is 5.41 Å². The number of nitrogens with zero attached hydrogens (tertiary/aromatic N) is 2. The predicted molar refractivity (Wildman–Crippen MR) is 148 cm³/mol. The molecule has 0 aromatic heterocycles. The zero-order valence-corrected chi connectivity index (χ0v) is 21.9. The Labute approximate surface area is 220 Å². The molecule has 0 bridgehead atoms. The highest BCUT2D eigenvalue weighted by Gasteiger charge is 2.43. The van der Waals surface area contributed by atoms with Gasteiger partial charge in [0.1, 0.15) is 5.78 Å². The lowest BCUT2D eigenvalue weighted by atomic mass is 9.70. The van der Waals surface area contributed by atoms with Crippen molar-refractivity contribution in [3.63, 3.8) is 0 Å². The second kappa shape index (κ2) is 12.2. The van der Waals surface area contributed by atoms with E-state index in [2.05, 4.69) is 59.5 Å². The Morgan fingerprint density at radius 3 is 1.97 bits per heavy atom. The number of benzene rings is 3. The van der Waals surface area contributed by atoms with Gasteiger partial charge in [-0.2, -0.15) is 0 Å². The molecule has 37 heavy (non-hydrogen) atoms. The van der Waals surface area contributed by atoms with E-state index >= 15 is 0 Å². The van der Waals surface area contributed by atoms with Gasteiger partial charge in [0.15, 0.2) is 0 Å². The molecule has 5 heteroatoms. The Morgan fingerprint density at radius 1 is 0.892 bits per heavy atom. The first-order valence-corrected chi connectivity index (χ1v) is 13.2.